The molecule has 1 aromatic carbocycles. The number of carbonyl (C=O) groups excluding carboxylic acids is 1. The van der Waals surface area contributed by atoms with Gasteiger partial charge in [-0.3, -0.25) is 0 Å². The van der Waals surface area contributed by atoms with Crippen LogP contribution in [0.2, 0.25) is 5.02 Å². The van der Waals surface area contributed by atoms with Crippen LogP contribution in [0.3, 0.4) is 0 Å². The summed E-state index contributed by atoms with van der Waals surface area (Å²) in [5.41, 5.74) is 1.34. The van der Waals surface area contributed by atoms with E-state index in [9.17, 15) is 4.79 Å². The zero-order valence-electron chi connectivity index (χ0n) is 15.7. The molecule has 0 aliphatic heterocycles. The number of hydrogen-bond donors (Lipinski definition) is 1. The lowest BCUT2D eigenvalue weighted by atomic mass is 10.2. The molecule has 1 heterocycles. The second kappa shape index (κ2) is 13.1. The minimum atomic E-state index is -0.484. The summed E-state index contributed by atoms with van der Waals surface area (Å²) in [6, 6.07) is 9.12. The molecule has 0 radical (unpaired) electrons. The fraction of sp³-hybridized carbons (Fsp3) is 0.368. The average Bonchev–Trinajstić information content (AvgIpc) is 2.69. The highest BCUT2D eigenvalue weighted by Crippen LogP contribution is 2.19. The third-order valence-corrected chi connectivity index (χ3v) is 3.09. The zero-order chi connectivity index (χ0) is 19.2. The molecular formula is C19H27ClN2O3. The van der Waals surface area contributed by atoms with Gasteiger partial charge < -0.3 is 14.8 Å². The molecule has 2 aromatic rings. The summed E-state index contributed by atoms with van der Waals surface area (Å²) in [6.45, 7) is 8.52. The Balaban J connectivity index is 0.00000134. The van der Waals surface area contributed by atoms with Crippen molar-refractivity contribution in [3.05, 3.63) is 52.7 Å². The summed E-state index contributed by atoms with van der Waals surface area (Å²) >= 11 is 5.86. The second-order valence-corrected chi connectivity index (χ2v) is 4.68. The van der Waals surface area contributed by atoms with Crippen LogP contribution in [0.25, 0.3) is 0 Å². The van der Waals surface area contributed by atoms with E-state index in [1.807, 2.05) is 52.0 Å². The van der Waals surface area contributed by atoms with E-state index in [0.717, 1.165) is 11.3 Å². The van der Waals surface area contributed by atoms with E-state index in [4.69, 9.17) is 21.1 Å². The first-order valence-corrected chi connectivity index (χ1v) is 8.62. The van der Waals surface area contributed by atoms with E-state index in [0.29, 0.717) is 22.9 Å². The number of benzene rings is 1. The monoisotopic (exact) mass is 366 g/mol. The fourth-order valence-corrected chi connectivity index (χ4v) is 1.93. The van der Waals surface area contributed by atoms with Gasteiger partial charge in [-0.15, -0.1) is 0 Å². The summed E-state index contributed by atoms with van der Waals surface area (Å²) in [7, 11) is 2.93. The number of nitrogens with zero attached hydrogens (tertiary/aromatic N) is 1. The highest BCUT2D eigenvalue weighted by molar-refractivity contribution is 6.30. The van der Waals surface area contributed by atoms with E-state index in [2.05, 4.69) is 10.3 Å². The number of rotatable bonds is 5. The predicted octanol–water partition coefficient (Wildman–Crippen LogP) is 5.19. The summed E-state index contributed by atoms with van der Waals surface area (Å²) < 4.78 is 9.82. The van der Waals surface area contributed by atoms with Crippen LogP contribution in [0.5, 0.6) is 5.75 Å². The molecule has 0 unspecified atom stereocenters. The molecule has 138 valence electrons. The number of aromatic nitrogens is 1. The number of ether oxygens (including phenoxy) is 2. The van der Waals surface area contributed by atoms with Crippen molar-refractivity contribution in [2.45, 2.75) is 34.2 Å². The number of methoxy groups -OCH3 is 2. The zero-order valence-corrected chi connectivity index (χ0v) is 16.5. The summed E-state index contributed by atoms with van der Waals surface area (Å²) in [4.78, 5) is 15.8. The lowest BCUT2D eigenvalue weighted by Crippen LogP contribution is -2.10. The van der Waals surface area contributed by atoms with Crippen molar-refractivity contribution in [2.24, 2.45) is 0 Å². The Labute approximate surface area is 155 Å². The van der Waals surface area contributed by atoms with Gasteiger partial charge >= 0.3 is 5.97 Å². The van der Waals surface area contributed by atoms with Gasteiger partial charge in [0.15, 0.2) is 0 Å². The summed E-state index contributed by atoms with van der Waals surface area (Å²) in [5.74, 6) is 0.739. The molecule has 25 heavy (non-hydrogen) atoms. The molecule has 2 rings (SSSR count). The van der Waals surface area contributed by atoms with Gasteiger partial charge in [0.05, 0.1) is 19.2 Å². The molecule has 0 aliphatic rings. The van der Waals surface area contributed by atoms with Gasteiger partial charge in [-0.1, -0.05) is 51.4 Å². The van der Waals surface area contributed by atoms with Gasteiger partial charge in [-0.05, 0) is 23.8 Å². The third kappa shape index (κ3) is 7.44. The molecule has 0 bridgehead atoms. The maximum Gasteiger partial charge on any atom is 0.341 e. The molecule has 5 nitrogen and oxygen atoms in total. The van der Waals surface area contributed by atoms with Crippen LogP contribution in [0.1, 0.15) is 43.6 Å². The Hall–Kier alpha value is -2.27. The SMILES string of the molecule is CC.CC.COC(=O)c1cc(Cl)cnc1NCc1ccc(OC)cc1. The number of carbonyl (C=O) groups is 1. The topological polar surface area (TPSA) is 60.5 Å². The van der Waals surface area contributed by atoms with Crippen LogP contribution in [0.15, 0.2) is 36.5 Å². The molecule has 1 N–H and O–H groups in total. The van der Waals surface area contributed by atoms with Crippen molar-refractivity contribution in [3.8, 4) is 5.75 Å². The van der Waals surface area contributed by atoms with Crippen molar-refractivity contribution >= 4 is 23.4 Å². The van der Waals surface area contributed by atoms with Crippen LogP contribution in [-0.2, 0) is 11.3 Å². The van der Waals surface area contributed by atoms with Crippen molar-refractivity contribution in [1.29, 1.82) is 0 Å². The quantitative estimate of drug-likeness (QED) is 0.737. The van der Waals surface area contributed by atoms with Gasteiger partial charge in [0.2, 0.25) is 0 Å². The van der Waals surface area contributed by atoms with Crippen molar-refractivity contribution in [3.63, 3.8) is 0 Å². The van der Waals surface area contributed by atoms with Gasteiger partial charge in [0.25, 0.3) is 0 Å². The molecule has 0 fully saturated rings. The molecule has 1 aromatic heterocycles. The van der Waals surface area contributed by atoms with Crippen LogP contribution in [0, 0.1) is 0 Å². The first-order valence-electron chi connectivity index (χ1n) is 8.24. The molecule has 0 amide bonds. The number of hydrogen-bond acceptors (Lipinski definition) is 5. The predicted molar refractivity (Wildman–Crippen MR) is 104 cm³/mol. The van der Waals surface area contributed by atoms with Crippen LogP contribution >= 0.6 is 11.6 Å². The highest BCUT2D eigenvalue weighted by atomic mass is 35.5. The molecule has 0 saturated heterocycles. The van der Waals surface area contributed by atoms with E-state index >= 15 is 0 Å². The second-order valence-electron chi connectivity index (χ2n) is 4.24. The lowest BCUT2D eigenvalue weighted by molar-refractivity contribution is 0.0601. The number of esters is 1. The first-order chi connectivity index (χ1) is 12.1. The van der Waals surface area contributed by atoms with Crippen molar-refractivity contribution in [1.82, 2.24) is 4.98 Å². The fourth-order valence-electron chi connectivity index (χ4n) is 1.77. The smallest absolute Gasteiger partial charge is 0.341 e. The van der Waals surface area contributed by atoms with E-state index in [-0.39, 0.29) is 0 Å². The largest absolute Gasteiger partial charge is 0.497 e. The lowest BCUT2D eigenvalue weighted by Gasteiger charge is -2.10. The van der Waals surface area contributed by atoms with Gasteiger partial charge in [-0.2, -0.15) is 0 Å². The van der Waals surface area contributed by atoms with Crippen LogP contribution in [0.4, 0.5) is 5.82 Å². The minimum Gasteiger partial charge on any atom is -0.497 e. The molecule has 6 heteroatoms. The summed E-state index contributed by atoms with van der Waals surface area (Å²) in [6.07, 6.45) is 1.48. The van der Waals surface area contributed by atoms with E-state index in [1.54, 1.807) is 7.11 Å². The minimum absolute atomic E-state index is 0.304. The van der Waals surface area contributed by atoms with Crippen molar-refractivity contribution in [2.75, 3.05) is 19.5 Å². The van der Waals surface area contributed by atoms with Gasteiger partial charge in [0.1, 0.15) is 17.1 Å². The molecule has 0 atom stereocenters. The Kier molecular flexibility index (Phi) is 11.9. The molecule has 0 spiro atoms. The maximum absolute atomic E-state index is 11.7. The Morgan fingerprint density at radius 1 is 1.12 bits per heavy atom. The summed E-state index contributed by atoms with van der Waals surface area (Å²) in [5, 5.41) is 3.48. The molecule has 0 saturated carbocycles. The Morgan fingerprint density at radius 2 is 1.72 bits per heavy atom. The van der Waals surface area contributed by atoms with Gasteiger partial charge in [-0.25, -0.2) is 9.78 Å². The number of nitrogens with one attached hydrogen (secondary N) is 1. The number of anilines is 1. The Bertz CT molecular complexity index is 631. The number of pyridine rings is 1. The maximum atomic E-state index is 11.7. The van der Waals surface area contributed by atoms with Gasteiger partial charge in [0, 0.05) is 12.7 Å². The Morgan fingerprint density at radius 3 is 2.24 bits per heavy atom. The van der Waals surface area contributed by atoms with Crippen molar-refractivity contribution < 1.29 is 14.3 Å². The standard InChI is InChI=1S/C15H15ClN2O3.2C2H6/c1-20-12-5-3-10(4-6-12)8-17-14-13(15(19)21-2)7-11(16)9-18-14;2*1-2/h3-7,9H,8H2,1-2H3,(H,17,18);2*1-2H3. The highest BCUT2D eigenvalue weighted by Gasteiger charge is 2.13. The van der Waals surface area contributed by atoms with E-state index < -0.39 is 5.97 Å². The first kappa shape index (κ1) is 22.7. The third-order valence-electron chi connectivity index (χ3n) is 2.88. The molecular weight excluding hydrogens is 340 g/mol. The average molecular weight is 367 g/mol. The van der Waals surface area contributed by atoms with Crippen LogP contribution < -0.4 is 10.1 Å². The number of halogens is 1. The normalized spacial score (nSPS) is 8.92. The van der Waals surface area contributed by atoms with Crippen LogP contribution in [-0.4, -0.2) is 25.2 Å². The molecule has 0 aliphatic carbocycles. The van der Waals surface area contributed by atoms with E-state index in [1.165, 1.54) is 19.4 Å².